The first-order chi connectivity index (χ1) is 15.0. The molecule has 3 aromatic rings. The van der Waals surface area contributed by atoms with E-state index in [-0.39, 0.29) is 16.3 Å². The van der Waals surface area contributed by atoms with Crippen LogP contribution >= 0.6 is 11.6 Å². The number of aromatic nitrogens is 1. The Morgan fingerprint density at radius 1 is 1.19 bits per heavy atom. The number of rotatable bonds is 5. The number of halogens is 4. The quantitative estimate of drug-likeness (QED) is 0.310. The standard InChI is InChI=1S/C21H16ClF3N4O3/c1-12-8-14(13(2)28(12)16-5-3-4-15(9-16)21(23,24)25)11-26-27-20(30)18-7-6-17(29(31)32)10-19(18)22/h3-11H,1-2H3,(H,27,30)/b26-11+. The smallest absolute Gasteiger partial charge is 0.318 e. The zero-order valence-electron chi connectivity index (χ0n) is 16.8. The van der Waals surface area contributed by atoms with E-state index in [0.717, 1.165) is 24.3 Å². The maximum atomic E-state index is 13.0. The molecular formula is C21H16ClF3N4O3. The van der Waals surface area contributed by atoms with E-state index >= 15 is 0 Å². The van der Waals surface area contributed by atoms with Crippen molar-refractivity contribution in [3.63, 3.8) is 0 Å². The van der Waals surface area contributed by atoms with Crippen LogP contribution in [0, 0.1) is 24.0 Å². The largest absolute Gasteiger partial charge is 0.416 e. The number of carbonyl (C=O) groups excluding carboxylic acids is 1. The molecule has 11 heteroatoms. The number of nitrogens with zero attached hydrogens (tertiary/aromatic N) is 3. The predicted molar refractivity (Wildman–Crippen MR) is 113 cm³/mol. The number of alkyl halides is 3. The second-order valence-corrected chi connectivity index (χ2v) is 7.24. The van der Waals surface area contributed by atoms with Crippen molar-refractivity contribution >= 4 is 29.4 Å². The fourth-order valence-electron chi connectivity index (χ4n) is 3.16. The second-order valence-electron chi connectivity index (χ2n) is 6.83. The number of nitrogens with one attached hydrogen (secondary N) is 1. The molecule has 0 bridgehead atoms. The number of nitro groups is 1. The lowest BCUT2D eigenvalue weighted by Gasteiger charge is -2.13. The van der Waals surface area contributed by atoms with Crippen LogP contribution in [0.2, 0.25) is 5.02 Å². The third-order valence-corrected chi connectivity index (χ3v) is 4.99. The van der Waals surface area contributed by atoms with Gasteiger partial charge in [-0.15, -0.1) is 0 Å². The summed E-state index contributed by atoms with van der Waals surface area (Å²) in [5.74, 6) is -0.673. The molecular weight excluding hydrogens is 449 g/mol. The molecule has 7 nitrogen and oxygen atoms in total. The van der Waals surface area contributed by atoms with Gasteiger partial charge in [-0.2, -0.15) is 18.3 Å². The van der Waals surface area contributed by atoms with Gasteiger partial charge in [-0.3, -0.25) is 14.9 Å². The van der Waals surface area contributed by atoms with E-state index in [4.69, 9.17) is 11.6 Å². The topological polar surface area (TPSA) is 89.5 Å². The Morgan fingerprint density at radius 3 is 2.53 bits per heavy atom. The van der Waals surface area contributed by atoms with Crippen LogP contribution in [0.5, 0.6) is 0 Å². The van der Waals surface area contributed by atoms with Crippen LogP contribution in [0.1, 0.15) is 32.9 Å². The van der Waals surface area contributed by atoms with Crippen molar-refractivity contribution in [1.82, 2.24) is 9.99 Å². The maximum absolute atomic E-state index is 13.0. The van der Waals surface area contributed by atoms with Gasteiger partial charge in [-0.05, 0) is 44.2 Å². The van der Waals surface area contributed by atoms with Crippen molar-refractivity contribution in [2.45, 2.75) is 20.0 Å². The van der Waals surface area contributed by atoms with Crippen LogP contribution in [-0.4, -0.2) is 21.6 Å². The molecule has 0 fully saturated rings. The first kappa shape index (κ1) is 23.0. The molecule has 1 aromatic heterocycles. The van der Waals surface area contributed by atoms with E-state index in [2.05, 4.69) is 10.5 Å². The highest BCUT2D eigenvalue weighted by Crippen LogP contribution is 2.31. The molecule has 166 valence electrons. The highest BCUT2D eigenvalue weighted by molar-refractivity contribution is 6.34. The third kappa shape index (κ3) is 4.80. The Kier molecular flexibility index (Phi) is 6.35. The summed E-state index contributed by atoms with van der Waals surface area (Å²) in [7, 11) is 0. The van der Waals surface area contributed by atoms with Gasteiger partial charge >= 0.3 is 6.18 Å². The Hall–Kier alpha value is -3.66. The van der Waals surface area contributed by atoms with Crippen molar-refractivity contribution in [3.8, 4) is 5.69 Å². The van der Waals surface area contributed by atoms with Crippen molar-refractivity contribution in [2.24, 2.45) is 5.10 Å². The zero-order chi connectivity index (χ0) is 23.6. The van der Waals surface area contributed by atoms with Gasteiger partial charge in [0.2, 0.25) is 0 Å². The van der Waals surface area contributed by atoms with E-state index < -0.39 is 22.6 Å². The van der Waals surface area contributed by atoms with Crippen molar-refractivity contribution < 1.29 is 22.9 Å². The van der Waals surface area contributed by atoms with Crippen LogP contribution in [0.4, 0.5) is 18.9 Å². The molecule has 0 aliphatic rings. The summed E-state index contributed by atoms with van der Waals surface area (Å²) in [4.78, 5) is 22.4. The molecule has 0 aliphatic carbocycles. The van der Waals surface area contributed by atoms with Gasteiger partial charge in [-0.1, -0.05) is 17.7 Å². The van der Waals surface area contributed by atoms with Crippen molar-refractivity contribution in [2.75, 3.05) is 0 Å². The first-order valence-electron chi connectivity index (χ1n) is 9.13. The number of aryl methyl sites for hydroxylation is 1. The second kappa shape index (κ2) is 8.83. The van der Waals surface area contributed by atoms with Gasteiger partial charge in [0.1, 0.15) is 0 Å². The molecule has 0 unspecified atom stereocenters. The minimum absolute atomic E-state index is 0.00357. The van der Waals surface area contributed by atoms with Crippen LogP contribution < -0.4 is 5.43 Å². The Labute approximate surface area is 185 Å². The summed E-state index contributed by atoms with van der Waals surface area (Å²) in [6.07, 6.45) is -3.11. The van der Waals surface area contributed by atoms with Crippen LogP contribution in [0.25, 0.3) is 5.69 Å². The lowest BCUT2D eigenvalue weighted by molar-refractivity contribution is -0.384. The maximum Gasteiger partial charge on any atom is 0.416 e. The SMILES string of the molecule is Cc1cc(/C=N/NC(=O)c2ccc([N+](=O)[O-])cc2Cl)c(C)n1-c1cccc(C(F)(F)F)c1. The van der Waals surface area contributed by atoms with E-state index in [0.29, 0.717) is 22.6 Å². The molecule has 1 N–H and O–H groups in total. The minimum atomic E-state index is -4.46. The molecule has 1 heterocycles. The number of benzene rings is 2. The first-order valence-corrected chi connectivity index (χ1v) is 9.50. The van der Waals surface area contributed by atoms with Gasteiger partial charge in [-0.25, -0.2) is 5.43 Å². The molecule has 0 saturated heterocycles. The van der Waals surface area contributed by atoms with E-state index in [9.17, 15) is 28.1 Å². The summed E-state index contributed by atoms with van der Waals surface area (Å²) in [5, 5.41) is 14.5. The fraction of sp³-hybridized carbons (Fsp3) is 0.143. The van der Waals surface area contributed by atoms with Gasteiger partial charge in [0.15, 0.2) is 0 Å². The summed E-state index contributed by atoms with van der Waals surface area (Å²) in [5.41, 5.74) is 3.49. The lowest BCUT2D eigenvalue weighted by atomic mass is 10.2. The van der Waals surface area contributed by atoms with Crippen LogP contribution in [0.15, 0.2) is 53.6 Å². The minimum Gasteiger partial charge on any atom is -0.318 e. The molecule has 0 radical (unpaired) electrons. The average molecular weight is 465 g/mol. The van der Waals surface area contributed by atoms with Crippen LogP contribution in [0.3, 0.4) is 0 Å². The highest BCUT2D eigenvalue weighted by Gasteiger charge is 2.30. The molecule has 0 spiro atoms. The average Bonchev–Trinajstić information content (AvgIpc) is 3.00. The van der Waals surface area contributed by atoms with Gasteiger partial charge in [0.25, 0.3) is 11.6 Å². The van der Waals surface area contributed by atoms with Crippen molar-refractivity contribution in [1.29, 1.82) is 0 Å². The normalized spacial score (nSPS) is 11.7. The Balaban J connectivity index is 1.81. The number of carbonyl (C=O) groups is 1. The molecule has 3 rings (SSSR count). The summed E-state index contributed by atoms with van der Waals surface area (Å²) < 4.78 is 40.8. The Bertz CT molecular complexity index is 1240. The summed E-state index contributed by atoms with van der Waals surface area (Å²) in [6, 6.07) is 10.1. The fourth-order valence-corrected chi connectivity index (χ4v) is 3.42. The molecule has 32 heavy (non-hydrogen) atoms. The third-order valence-electron chi connectivity index (χ3n) is 4.68. The zero-order valence-corrected chi connectivity index (χ0v) is 17.5. The number of hydrazone groups is 1. The van der Waals surface area contributed by atoms with Crippen molar-refractivity contribution in [3.05, 3.63) is 91.7 Å². The summed E-state index contributed by atoms with van der Waals surface area (Å²) in [6.45, 7) is 3.45. The highest BCUT2D eigenvalue weighted by atomic mass is 35.5. The lowest BCUT2D eigenvalue weighted by Crippen LogP contribution is -2.18. The van der Waals surface area contributed by atoms with Gasteiger partial charge < -0.3 is 4.57 Å². The van der Waals surface area contributed by atoms with E-state index in [1.165, 1.54) is 18.3 Å². The molecule has 0 saturated carbocycles. The monoisotopic (exact) mass is 464 g/mol. The number of amides is 1. The van der Waals surface area contributed by atoms with E-state index in [1.807, 2.05) is 0 Å². The number of hydrogen-bond donors (Lipinski definition) is 1. The van der Waals surface area contributed by atoms with Gasteiger partial charge in [0, 0.05) is 34.8 Å². The summed E-state index contributed by atoms with van der Waals surface area (Å²) >= 11 is 5.93. The number of non-ortho nitro benzene ring substituents is 1. The van der Waals surface area contributed by atoms with Crippen LogP contribution in [-0.2, 0) is 6.18 Å². The molecule has 0 atom stereocenters. The molecule has 0 aliphatic heterocycles. The van der Waals surface area contributed by atoms with Gasteiger partial charge in [0.05, 0.1) is 27.3 Å². The molecule has 2 aromatic carbocycles. The number of hydrogen-bond acceptors (Lipinski definition) is 4. The predicted octanol–water partition coefficient (Wildman–Crippen LogP) is 5.44. The van der Waals surface area contributed by atoms with E-state index in [1.54, 1.807) is 30.5 Å². The molecule has 1 amide bonds. The Morgan fingerprint density at radius 2 is 1.91 bits per heavy atom. The number of nitro benzene ring substituents is 1.